The number of likely N-dealkylation sites (N-methyl/N-ethyl adjacent to an activating group) is 1. The Balaban J connectivity index is 4.17. The number of nitrogens with zero attached hydrogens (tertiary/aromatic N) is 1. The lowest BCUT2D eigenvalue weighted by Gasteiger charge is -2.17. The van der Waals surface area contributed by atoms with E-state index >= 15 is 0 Å². The first-order valence-electron chi connectivity index (χ1n) is 3.76. The van der Waals surface area contributed by atoms with Crippen molar-refractivity contribution in [1.29, 1.82) is 0 Å². The van der Waals surface area contributed by atoms with Crippen LogP contribution in [-0.2, 0) is 14.6 Å². The van der Waals surface area contributed by atoms with Crippen LogP contribution < -0.4 is 0 Å². The molecule has 6 heteroatoms. The Morgan fingerprint density at radius 1 is 1.62 bits per heavy atom. The van der Waals surface area contributed by atoms with Crippen LogP contribution in [0.3, 0.4) is 0 Å². The molecule has 1 unspecified atom stereocenters. The summed E-state index contributed by atoms with van der Waals surface area (Å²) in [6.07, 6.45) is 1.33. The molecule has 0 fully saturated rings. The van der Waals surface area contributed by atoms with Gasteiger partial charge >= 0.3 is 10.4 Å². The summed E-state index contributed by atoms with van der Waals surface area (Å²) in [6, 6.07) is 0. The first kappa shape index (κ1) is 12.6. The van der Waals surface area contributed by atoms with Crippen LogP contribution in [-0.4, -0.2) is 44.6 Å². The molecular weight excluding hydrogens is 194 g/mol. The fourth-order valence-electron chi connectivity index (χ4n) is 0.909. The predicted octanol–water partition coefficient (Wildman–Crippen LogP) is 0.312. The summed E-state index contributed by atoms with van der Waals surface area (Å²) >= 11 is 0. The van der Waals surface area contributed by atoms with Crippen LogP contribution in [0.2, 0.25) is 0 Å². The van der Waals surface area contributed by atoms with E-state index in [9.17, 15) is 8.42 Å². The Labute approximate surface area is 79.0 Å². The Hall–Kier alpha value is -0.430. The molecule has 0 radical (unpaired) electrons. The molecule has 0 aliphatic carbocycles. The molecular formula is C7H15NO4S. The average molecular weight is 209 g/mol. The molecule has 0 aromatic rings. The third-order valence-corrected chi connectivity index (χ3v) is 1.77. The smallest absolute Gasteiger partial charge is 0.307 e. The van der Waals surface area contributed by atoms with E-state index in [1.807, 2.05) is 0 Å². The van der Waals surface area contributed by atoms with E-state index in [1.54, 1.807) is 25.1 Å². The zero-order valence-corrected chi connectivity index (χ0v) is 8.62. The highest BCUT2D eigenvalue weighted by Crippen LogP contribution is 2.04. The van der Waals surface area contributed by atoms with E-state index in [0.717, 1.165) is 0 Å². The molecule has 1 atom stereocenters. The minimum Gasteiger partial charge on any atom is -0.307 e. The second-order valence-corrected chi connectivity index (χ2v) is 3.98. The van der Waals surface area contributed by atoms with E-state index in [2.05, 4.69) is 10.8 Å². The van der Waals surface area contributed by atoms with E-state index in [-0.39, 0.29) is 0 Å². The second-order valence-electron chi connectivity index (χ2n) is 2.93. The van der Waals surface area contributed by atoms with Crippen molar-refractivity contribution >= 4 is 10.4 Å². The van der Waals surface area contributed by atoms with Crippen molar-refractivity contribution in [2.24, 2.45) is 0 Å². The van der Waals surface area contributed by atoms with Crippen molar-refractivity contribution in [2.45, 2.75) is 12.5 Å². The molecule has 5 nitrogen and oxygen atoms in total. The summed E-state index contributed by atoms with van der Waals surface area (Å²) in [5.41, 5.74) is 0. The number of hydrogen-bond acceptors (Lipinski definition) is 4. The van der Waals surface area contributed by atoms with Crippen molar-refractivity contribution in [3.8, 4) is 0 Å². The lowest BCUT2D eigenvalue weighted by molar-refractivity contribution is 0.150. The fraction of sp³-hybridized carbons (Fsp3) is 0.714. The summed E-state index contributed by atoms with van der Waals surface area (Å²) in [5, 5.41) is 0. The molecule has 0 spiro atoms. The van der Waals surface area contributed by atoms with Gasteiger partial charge in [-0.05, 0) is 20.5 Å². The summed E-state index contributed by atoms with van der Waals surface area (Å²) in [6.45, 7) is 3.87. The molecule has 1 N–H and O–H groups in total. The van der Waals surface area contributed by atoms with E-state index in [0.29, 0.717) is 13.0 Å². The van der Waals surface area contributed by atoms with Crippen LogP contribution in [0.4, 0.5) is 0 Å². The molecule has 0 bridgehead atoms. The molecule has 0 aliphatic heterocycles. The maximum atomic E-state index is 10.4. The maximum Gasteiger partial charge on any atom is 0.397 e. The largest absolute Gasteiger partial charge is 0.397 e. The summed E-state index contributed by atoms with van der Waals surface area (Å²) in [5.74, 6) is 0. The van der Waals surface area contributed by atoms with Gasteiger partial charge in [0.25, 0.3) is 0 Å². The van der Waals surface area contributed by atoms with Gasteiger partial charge in [0.1, 0.15) is 0 Å². The SMILES string of the molecule is C=CCC(CN(C)C)OS(=O)(=O)O. The lowest BCUT2D eigenvalue weighted by Crippen LogP contribution is -2.29. The number of hydrogen-bond donors (Lipinski definition) is 1. The van der Waals surface area contributed by atoms with Gasteiger partial charge in [0, 0.05) is 6.54 Å². The lowest BCUT2D eigenvalue weighted by atomic mass is 10.2. The highest BCUT2D eigenvalue weighted by atomic mass is 32.3. The van der Waals surface area contributed by atoms with Crippen molar-refractivity contribution in [1.82, 2.24) is 4.90 Å². The topological polar surface area (TPSA) is 66.8 Å². The normalized spacial score (nSPS) is 14.5. The predicted molar refractivity (Wildman–Crippen MR) is 49.8 cm³/mol. The van der Waals surface area contributed by atoms with Gasteiger partial charge in [0.2, 0.25) is 0 Å². The molecule has 0 rings (SSSR count). The van der Waals surface area contributed by atoms with Gasteiger partial charge < -0.3 is 4.90 Å². The van der Waals surface area contributed by atoms with Gasteiger partial charge in [-0.3, -0.25) is 4.55 Å². The van der Waals surface area contributed by atoms with Crippen LogP contribution in [0.25, 0.3) is 0 Å². The second kappa shape index (κ2) is 5.33. The van der Waals surface area contributed by atoms with Crippen LogP contribution in [0.15, 0.2) is 12.7 Å². The van der Waals surface area contributed by atoms with E-state index in [4.69, 9.17) is 4.55 Å². The molecule has 0 aliphatic rings. The zero-order chi connectivity index (χ0) is 10.5. The van der Waals surface area contributed by atoms with Crippen molar-refractivity contribution in [3.63, 3.8) is 0 Å². The fourth-order valence-corrected chi connectivity index (χ4v) is 1.39. The third kappa shape index (κ3) is 7.92. The zero-order valence-electron chi connectivity index (χ0n) is 7.80. The van der Waals surface area contributed by atoms with Gasteiger partial charge in [-0.15, -0.1) is 6.58 Å². The van der Waals surface area contributed by atoms with Gasteiger partial charge in [-0.1, -0.05) is 6.08 Å². The summed E-state index contributed by atoms with van der Waals surface area (Å²) in [4.78, 5) is 1.76. The van der Waals surface area contributed by atoms with E-state index in [1.165, 1.54) is 0 Å². The minimum atomic E-state index is -4.37. The third-order valence-electron chi connectivity index (χ3n) is 1.26. The van der Waals surface area contributed by atoms with Crippen LogP contribution in [0, 0.1) is 0 Å². The molecule has 78 valence electrons. The van der Waals surface area contributed by atoms with Gasteiger partial charge in [0.05, 0.1) is 6.10 Å². The minimum absolute atomic E-state index is 0.373. The standard InChI is InChI=1S/C7H15NO4S/c1-4-5-7(6-8(2)3)12-13(9,10)11/h4,7H,1,5-6H2,2-3H3,(H,9,10,11). The summed E-state index contributed by atoms with van der Waals surface area (Å²) in [7, 11) is -0.803. The highest BCUT2D eigenvalue weighted by Gasteiger charge is 2.16. The van der Waals surface area contributed by atoms with Gasteiger partial charge in [0.15, 0.2) is 0 Å². The Morgan fingerprint density at radius 2 is 2.15 bits per heavy atom. The number of rotatable bonds is 6. The molecule has 0 aromatic heterocycles. The highest BCUT2D eigenvalue weighted by molar-refractivity contribution is 7.80. The van der Waals surface area contributed by atoms with Gasteiger partial charge in [-0.25, -0.2) is 4.18 Å². The van der Waals surface area contributed by atoms with Crippen molar-refractivity contribution in [3.05, 3.63) is 12.7 Å². The first-order valence-corrected chi connectivity index (χ1v) is 5.13. The molecule has 13 heavy (non-hydrogen) atoms. The van der Waals surface area contributed by atoms with Crippen LogP contribution in [0.5, 0.6) is 0 Å². The van der Waals surface area contributed by atoms with Crippen LogP contribution in [0.1, 0.15) is 6.42 Å². The van der Waals surface area contributed by atoms with Crippen molar-refractivity contribution < 1.29 is 17.2 Å². The van der Waals surface area contributed by atoms with Crippen LogP contribution >= 0.6 is 0 Å². The average Bonchev–Trinajstić information content (AvgIpc) is 1.81. The molecule has 0 amide bonds. The van der Waals surface area contributed by atoms with Gasteiger partial charge in [-0.2, -0.15) is 8.42 Å². The molecule has 0 saturated carbocycles. The van der Waals surface area contributed by atoms with Crippen molar-refractivity contribution in [2.75, 3.05) is 20.6 Å². The van der Waals surface area contributed by atoms with E-state index < -0.39 is 16.5 Å². The Morgan fingerprint density at radius 3 is 2.46 bits per heavy atom. The monoisotopic (exact) mass is 209 g/mol. The molecule has 0 aromatic carbocycles. The maximum absolute atomic E-state index is 10.4. The summed E-state index contributed by atoms with van der Waals surface area (Å²) < 4.78 is 33.6. The quantitative estimate of drug-likeness (QED) is 0.504. The molecule has 0 heterocycles. The Bertz CT molecular complexity index is 247. The Kier molecular flexibility index (Phi) is 5.16. The first-order chi connectivity index (χ1) is 5.85. The molecule has 0 saturated heterocycles.